The van der Waals surface area contributed by atoms with E-state index in [4.69, 9.17) is 5.11 Å². The van der Waals surface area contributed by atoms with Crippen LogP contribution in [0.2, 0.25) is 0 Å². The zero-order valence-electron chi connectivity index (χ0n) is 13.5. The van der Waals surface area contributed by atoms with Crippen molar-refractivity contribution in [3.8, 4) is 5.75 Å². The first-order chi connectivity index (χ1) is 11.0. The summed E-state index contributed by atoms with van der Waals surface area (Å²) in [5.74, 6) is -0.624. The van der Waals surface area contributed by atoms with Gasteiger partial charge < -0.3 is 15.5 Å². The second-order valence-electron chi connectivity index (χ2n) is 5.75. The maximum absolute atomic E-state index is 10.8. The van der Waals surface area contributed by atoms with Gasteiger partial charge in [-0.1, -0.05) is 37.6 Å². The first kappa shape index (κ1) is 17.0. The molecule has 1 unspecified atom stereocenters. The Morgan fingerprint density at radius 1 is 1.13 bits per heavy atom. The first-order valence-electron chi connectivity index (χ1n) is 7.88. The fourth-order valence-electron chi connectivity index (χ4n) is 2.54. The summed E-state index contributed by atoms with van der Waals surface area (Å²) in [4.78, 5) is 10.8. The van der Waals surface area contributed by atoms with Crippen LogP contribution in [0.15, 0.2) is 42.5 Å². The number of carbonyl (C=O) groups is 1. The summed E-state index contributed by atoms with van der Waals surface area (Å²) in [6.07, 6.45) is 2.07. The molecule has 122 valence electrons. The lowest BCUT2D eigenvalue weighted by Gasteiger charge is -2.17. The van der Waals surface area contributed by atoms with Crippen LogP contribution < -0.4 is 5.32 Å². The Hall–Kier alpha value is -2.33. The third-order valence-electron chi connectivity index (χ3n) is 3.91. The van der Waals surface area contributed by atoms with Crippen molar-refractivity contribution >= 4 is 5.97 Å². The molecular weight excluding hydrogens is 290 g/mol. The van der Waals surface area contributed by atoms with Gasteiger partial charge in [0.15, 0.2) is 0 Å². The summed E-state index contributed by atoms with van der Waals surface area (Å²) >= 11 is 0. The van der Waals surface area contributed by atoms with E-state index < -0.39 is 5.97 Å². The molecule has 1 atom stereocenters. The van der Waals surface area contributed by atoms with Gasteiger partial charge in [-0.3, -0.25) is 0 Å². The lowest BCUT2D eigenvalue weighted by atomic mass is 10.0. The van der Waals surface area contributed by atoms with Crippen molar-refractivity contribution in [1.82, 2.24) is 5.32 Å². The smallest absolute Gasteiger partial charge is 0.335 e. The molecule has 3 N–H and O–H groups in total. The SMILES string of the molecule is CCCc1ccc(O)c(C(C)NCc2ccc(C(=O)O)cc2)c1. The Morgan fingerprint density at radius 3 is 2.39 bits per heavy atom. The number of benzene rings is 2. The first-order valence-corrected chi connectivity index (χ1v) is 7.88. The highest BCUT2D eigenvalue weighted by Crippen LogP contribution is 2.26. The normalized spacial score (nSPS) is 12.1. The fraction of sp³-hybridized carbons (Fsp3) is 0.316. The largest absolute Gasteiger partial charge is 0.508 e. The lowest BCUT2D eigenvalue weighted by Crippen LogP contribution is -2.18. The molecule has 0 saturated heterocycles. The third kappa shape index (κ3) is 4.57. The number of hydrogen-bond acceptors (Lipinski definition) is 3. The maximum Gasteiger partial charge on any atom is 0.335 e. The van der Waals surface area contributed by atoms with E-state index in [0.29, 0.717) is 12.3 Å². The number of rotatable bonds is 7. The highest BCUT2D eigenvalue weighted by molar-refractivity contribution is 5.87. The Bertz CT molecular complexity index is 665. The standard InChI is InChI=1S/C19H23NO3/c1-3-4-14-7-10-18(21)17(11-14)13(2)20-12-15-5-8-16(9-6-15)19(22)23/h5-11,13,20-21H,3-4,12H2,1-2H3,(H,22,23). The van der Waals surface area contributed by atoms with Crippen LogP contribution in [0.3, 0.4) is 0 Å². The molecule has 4 heteroatoms. The molecule has 0 fully saturated rings. The van der Waals surface area contributed by atoms with Crippen molar-refractivity contribution in [1.29, 1.82) is 0 Å². The predicted molar refractivity (Wildman–Crippen MR) is 90.8 cm³/mol. The van der Waals surface area contributed by atoms with E-state index >= 15 is 0 Å². The molecular formula is C19H23NO3. The average molecular weight is 313 g/mol. The summed E-state index contributed by atoms with van der Waals surface area (Å²) < 4.78 is 0. The maximum atomic E-state index is 10.8. The van der Waals surface area contributed by atoms with Crippen LogP contribution in [0.1, 0.15) is 53.4 Å². The van der Waals surface area contributed by atoms with E-state index in [1.807, 2.05) is 19.1 Å². The number of aryl methyl sites for hydroxylation is 1. The molecule has 4 nitrogen and oxygen atoms in total. The zero-order valence-corrected chi connectivity index (χ0v) is 13.5. The summed E-state index contributed by atoms with van der Waals surface area (Å²) in [6.45, 7) is 4.75. The molecule has 2 rings (SSSR count). The molecule has 0 aliphatic rings. The predicted octanol–water partition coefficient (Wildman–Crippen LogP) is 3.89. The monoisotopic (exact) mass is 313 g/mol. The van der Waals surface area contributed by atoms with Crippen molar-refractivity contribution in [2.24, 2.45) is 0 Å². The number of hydrogen-bond donors (Lipinski definition) is 3. The molecule has 0 radical (unpaired) electrons. The molecule has 0 aliphatic heterocycles. The van der Waals surface area contributed by atoms with Crippen molar-refractivity contribution in [2.75, 3.05) is 0 Å². The zero-order chi connectivity index (χ0) is 16.8. The quantitative estimate of drug-likeness (QED) is 0.725. The molecule has 2 aromatic rings. The number of nitrogens with one attached hydrogen (secondary N) is 1. The fourth-order valence-corrected chi connectivity index (χ4v) is 2.54. The number of aromatic carboxylic acids is 1. The summed E-state index contributed by atoms with van der Waals surface area (Å²) in [6, 6.07) is 12.6. The van der Waals surface area contributed by atoms with Crippen molar-refractivity contribution in [3.05, 3.63) is 64.7 Å². The van der Waals surface area contributed by atoms with E-state index in [2.05, 4.69) is 12.2 Å². The minimum Gasteiger partial charge on any atom is -0.508 e. The summed E-state index contributed by atoms with van der Waals surface area (Å²) in [5, 5.41) is 22.3. The van der Waals surface area contributed by atoms with Crippen LogP contribution in [0.25, 0.3) is 0 Å². The van der Waals surface area contributed by atoms with Gasteiger partial charge in [-0.2, -0.15) is 0 Å². The highest BCUT2D eigenvalue weighted by atomic mass is 16.4. The van der Waals surface area contributed by atoms with Gasteiger partial charge in [0.25, 0.3) is 0 Å². The van der Waals surface area contributed by atoms with Gasteiger partial charge in [-0.05, 0) is 42.7 Å². The molecule has 2 aromatic carbocycles. The highest BCUT2D eigenvalue weighted by Gasteiger charge is 2.11. The molecule has 0 aliphatic carbocycles. The topological polar surface area (TPSA) is 69.6 Å². The Morgan fingerprint density at radius 2 is 1.78 bits per heavy atom. The number of carboxylic acids is 1. The summed E-state index contributed by atoms with van der Waals surface area (Å²) in [5.41, 5.74) is 3.40. The Balaban J connectivity index is 2.02. The van der Waals surface area contributed by atoms with Crippen LogP contribution in [0.5, 0.6) is 5.75 Å². The molecule has 0 amide bonds. The van der Waals surface area contributed by atoms with Crippen LogP contribution in [-0.4, -0.2) is 16.2 Å². The van der Waals surface area contributed by atoms with Gasteiger partial charge >= 0.3 is 5.97 Å². The summed E-state index contributed by atoms with van der Waals surface area (Å²) in [7, 11) is 0. The Labute approximate surface area is 136 Å². The third-order valence-corrected chi connectivity index (χ3v) is 3.91. The van der Waals surface area contributed by atoms with Gasteiger partial charge in [0.05, 0.1) is 5.56 Å². The molecule has 0 spiro atoms. The van der Waals surface area contributed by atoms with E-state index in [-0.39, 0.29) is 11.6 Å². The average Bonchev–Trinajstić information content (AvgIpc) is 2.55. The van der Waals surface area contributed by atoms with Crippen LogP contribution in [0, 0.1) is 0 Å². The minimum absolute atomic E-state index is 0.00552. The van der Waals surface area contributed by atoms with Crippen LogP contribution in [-0.2, 0) is 13.0 Å². The number of carboxylic acid groups (broad SMARTS) is 1. The molecule has 0 saturated carbocycles. The van der Waals surface area contributed by atoms with Crippen LogP contribution >= 0.6 is 0 Å². The Kier molecular flexibility index (Phi) is 5.77. The number of aromatic hydroxyl groups is 1. The van der Waals surface area contributed by atoms with E-state index in [9.17, 15) is 9.90 Å². The van der Waals surface area contributed by atoms with E-state index in [1.54, 1.807) is 30.3 Å². The second kappa shape index (κ2) is 7.79. The van der Waals surface area contributed by atoms with Crippen molar-refractivity contribution < 1.29 is 15.0 Å². The molecule has 23 heavy (non-hydrogen) atoms. The second-order valence-corrected chi connectivity index (χ2v) is 5.75. The molecule has 0 bridgehead atoms. The van der Waals surface area contributed by atoms with Crippen LogP contribution in [0.4, 0.5) is 0 Å². The van der Waals surface area contributed by atoms with Gasteiger partial charge in [0.1, 0.15) is 5.75 Å². The minimum atomic E-state index is -0.921. The van der Waals surface area contributed by atoms with Gasteiger partial charge in [0.2, 0.25) is 0 Å². The number of phenolic OH excluding ortho intramolecular Hbond substituents is 1. The number of phenols is 1. The van der Waals surface area contributed by atoms with Crippen molar-refractivity contribution in [3.63, 3.8) is 0 Å². The van der Waals surface area contributed by atoms with Crippen molar-refractivity contribution in [2.45, 2.75) is 39.3 Å². The van der Waals surface area contributed by atoms with E-state index in [1.165, 1.54) is 5.56 Å². The molecule has 0 aromatic heterocycles. The molecule has 0 heterocycles. The van der Waals surface area contributed by atoms with E-state index in [0.717, 1.165) is 24.0 Å². The van der Waals surface area contributed by atoms with Gasteiger partial charge in [-0.15, -0.1) is 0 Å². The van der Waals surface area contributed by atoms with Gasteiger partial charge in [-0.25, -0.2) is 4.79 Å². The van der Waals surface area contributed by atoms with Gasteiger partial charge in [0, 0.05) is 18.2 Å². The lowest BCUT2D eigenvalue weighted by molar-refractivity contribution is 0.0697.